The van der Waals surface area contributed by atoms with Gasteiger partial charge in [0.15, 0.2) is 0 Å². The minimum absolute atomic E-state index is 0.547. The van der Waals surface area contributed by atoms with Gasteiger partial charge in [-0.15, -0.1) is 5.92 Å². The molecule has 1 N–H and O–H groups in total. The van der Waals surface area contributed by atoms with E-state index >= 15 is 0 Å². The molecule has 0 saturated heterocycles. The highest BCUT2D eigenvalue weighted by molar-refractivity contribution is 5.10. The third kappa shape index (κ3) is 4.86. The van der Waals surface area contributed by atoms with Crippen LogP contribution in [0.25, 0.3) is 0 Å². The molecule has 64 valence electrons. The Morgan fingerprint density at radius 3 is 2.45 bits per heavy atom. The van der Waals surface area contributed by atoms with Crippen molar-refractivity contribution in [2.45, 2.75) is 46.1 Å². The van der Waals surface area contributed by atoms with E-state index in [2.05, 4.69) is 25.7 Å². The fourth-order valence-corrected chi connectivity index (χ4v) is 1.14. The van der Waals surface area contributed by atoms with Crippen LogP contribution in [0.2, 0.25) is 0 Å². The lowest BCUT2D eigenvalue weighted by atomic mass is 9.92. The summed E-state index contributed by atoms with van der Waals surface area (Å²) in [7, 11) is 0. The molecule has 0 aromatic carbocycles. The average Bonchev–Trinajstić information content (AvgIpc) is 1.86. The maximum Gasteiger partial charge on any atom is 0.122 e. The van der Waals surface area contributed by atoms with Crippen LogP contribution in [0.4, 0.5) is 0 Å². The lowest BCUT2D eigenvalue weighted by Crippen LogP contribution is -2.24. The summed E-state index contributed by atoms with van der Waals surface area (Å²) < 4.78 is 0. The first-order chi connectivity index (χ1) is 5.02. The summed E-state index contributed by atoms with van der Waals surface area (Å²) in [5, 5.41) is 9.64. The molecule has 0 heterocycles. The zero-order valence-electron chi connectivity index (χ0n) is 7.94. The van der Waals surface area contributed by atoms with Crippen molar-refractivity contribution in [3.8, 4) is 11.8 Å². The molecule has 11 heavy (non-hydrogen) atoms. The van der Waals surface area contributed by atoms with Crippen molar-refractivity contribution in [1.29, 1.82) is 0 Å². The van der Waals surface area contributed by atoms with Crippen molar-refractivity contribution >= 4 is 0 Å². The molecule has 0 bridgehead atoms. The second kappa shape index (κ2) is 4.41. The van der Waals surface area contributed by atoms with E-state index in [9.17, 15) is 5.11 Å². The molecule has 0 spiro atoms. The van der Waals surface area contributed by atoms with Gasteiger partial charge in [0.1, 0.15) is 5.60 Å². The van der Waals surface area contributed by atoms with Crippen molar-refractivity contribution in [2.24, 2.45) is 5.92 Å². The summed E-state index contributed by atoms with van der Waals surface area (Å²) in [5.41, 5.74) is -0.788. The smallest absolute Gasteiger partial charge is 0.122 e. The molecule has 0 aliphatic carbocycles. The van der Waals surface area contributed by atoms with E-state index in [4.69, 9.17) is 0 Å². The van der Waals surface area contributed by atoms with Crippen molar-refractivity contribution < 1.29 is 5.11 Å². The van der Waals surface area contributed by atoms with Crippen LogP contribution in [0.1, 0.15) is 40.5 Å². The average molecular weight is 154 g/mol. The Hall–Kier alpha value is -0.480. The normalized spacial score (nSPS) is 17.9. The van der Waals surface area contributed by atoms with E-state index in [0.717, 1.165) is 12.8 Å². The van der Waals surface area contributed by atoms with Crippen molar-refractivity contribution in [2.75, 3.05) is 0 Å². The molecule has 0 aromatic heterocycles. The van der Waals surface area contributed by atoms with Gasteiger partial charge in [-0.3, -0.25) is 0 Å². The molecule has 0 radical (unpaired) electrons. The van der Waals surface area contributed by atoms with Crippen LogP contribution in [0.5, 0.6) is 0 Å². The second-order valence-electron chi connectivity index (χ2n) is 3.37. The van der Waals surface area contributed by atoms with E-state index < -0.39 is 5.60 Å². The Kier molecular flexibility index (Phi) is 4.22. The standard InChI is InChI=1S/C10H18O/c1-5-7-10(4,11)8-9(3)6-2/h9,11H,6,8H2,1-4H3/t9-,10?/m0/s1. The lowest BCUT2D eigenvalue weighted by Gasteiger charge is -2.19. The van der Waals surface area contributed by atoms with Gasteiger partial charge in [-0.2, -0.15) is 0 Å². The van der Waals surface area contributed by atoms with Gasteiger partial charge in [0.25, 0.3) is 0 Å². The molecule has 1 heteroatoms. The molecule has 0 aliphatic heterocycles. The van der Waals surface area contributed by atoms with Gasteiger partial charge in [-0.25, -0.2) is 0 Å². The van der Waals surface area contributed by atoms with Crippen LogP contribution >= 0.6 is 0 Å². The summed E-state index contributed by atoms with van der Waals surface area (Å²) >= 11 is 0. The maximum absolute atomic E-state index is 9.64. The first-order valence-electron chi connectivity index (χ1n) is 4.18. The van der Waals surface area contributed by atoms with E-state index in [1.807, 2.05) is 0 Å². The summed E-state index contributed by atoms with van der Waals surface area (Å²) in [6.07, 6.45) is 1.87. The largest absolute Gasteiger partial charge is 0.378 e. The number of aliphatic hydroxyl groups is 1. The SMILES string of the molecule is CC#CC(C)(O)C[C@@H](C)CC. The lowest BCUT2D eigenvalue weighted by molar-refractivity contribution is 0.0939. The zero-order valence-corrected chi connectivity index (χ0v) is 7.94. The van der Waals surface area contributed by atoms with Gasteiger partial charge >= 0.3 is 0 Å². The second-order valence-corrected chi connectivity index (χ2v) is 3.37. The molecule has 1 nitrogen and oxygen atoms in total. The highest BCUT2D eigenvalue weighted by atomic mass is 16.3. The summed E-state index contributed by atoms with van der Waals surface area (Å²) in [6.45, 7) is 7.78. The number of hydrogen-bond acceptors (Lipinski definition) is 1. The molecule has 0 saturated carbocycles. The Morgan fingerprint density at radius 2 is 2.09 bits per heavy atom. The number of hydrogen-bond donors (Lipinski definition) is 1. The Morgan fingerprint density at radius 1 is 1.55 bits per heavy atom. The molecule has 0 fully saturated rings. The Balaban J connectivity index is 3.97. The molecule has 0 aliphatic rings. The van der Waals surface area contributed by atoms with Crippen molar-refractivity contribution in [3.05, 3.63) is 0 Å². The molecule has 1 unspecified atom stereocenters. The van der Waals surface area contributed by atoms with Gasteiger partial charge in [-0.1, -0.05) is 26.2 Å². The molecular weight excluding hydrogens is 136 g/mol. The Labute approximate surface area is 69.8 Å². The van der Waals surface area contributed by atoms with Crippen molar-refractivity contribution in [3.63, 3.8) is 0 Å². The first-order valence-corrected chi connectivity index (χ1v) is 4.18. The monoisotopic (exact) mass is 154 g/mol. The molecule has 0 aromatic rings. The third-order valence-corrected chi connectivity index (χ3v) is 1.84. The van der Waals surface area contributed by atoms with Gasteiger partial charge in [0.2, 0.25) is 0 Å². The van der Waals surface area contributed by atoms with Gasteiger partial charge in [-0.05, 0) is 26.2 Å². The molecule has 0 rings (SSSR count). The Bertz CT molecular complexity index is 159. The van der Waals surface area contributed by atoms with Crippen LogP contribution in [-0.4, -0.2) is 10.7 Å². The minimum Gasteiger partial charge on any atom is -0.378 e. The first kappa shape index (κ1) is 10.5. The van der Waals surface area contributed by atoms with Crippen molar-refractivity contribution in [1.82, 2.24) is 0 Å². The molecule has 2 atom stereocenters. The summed E-state index contributed by atoms with van der Waals surface area (Å²) in [5.74, 6) is 6.08. The fraction of sp³-hybridized carbons (Fsp3) is 0.800. The highest BCUT2D eigenvalue weighted by Crippen LogP contribution is 2.17. The van der Waals surface area contributed by atoms with Crippen LogP contribution in [0.3, 0.4) is 0 Å². The fourth-order valence-electron chi connectivity index (χ4n) is 1.14. The molecular formula is C10H18O. The van der Waals surface area contributed by atoms with E-state index in [0.29, 0.717) is 5.92 Å². The van der Waals surface area contributed by atoms with Crippen LogP contribution in [0, 0.1) is 17.8 Å². The van der Waals surface area contributed by atoms with E-state index in [-0.39, 0.29) is 0 Å². The maximum atomic E-state index is 9.64. The summed E-state index contributed by atoms with van der Waals surface area (Å²) in [6, 6.07) is 0. The minimum atomic E-state index is -0.788. The molecule has 0 amide bonds. The van der Waals surface area contributed by atoms with Crippen LogP contribution in [0.15, 0.2) is 0 Å². The zero-order chi connectivity index (χ0) is 8.91. The van der Waals surface area contributed by atoms with Crippen LogP contribution in [-0.2, 0) is 0 Å². The van der Waals surface area contributed by atoms with Gasteiger partial charge < -0.3 is 5.11 Å². The van der Waals surface area contributed by atoms with Gasteiger partial charge in [0, 0.05) is 0 Å². The van der Waals surface area contributed by atoms with Crippen LogP contribution < -0.4 is 0 Å². The van der Waals surface area contributed by atoms with E-state index in [1.54, 1.807) is 13.8 Å². The topological polar surface area (TPSA) is 20.2 Å². The third-order valence-electron chi connectivity index (χ3n) is 1.84. The predicted molar refractivity (Wildman–Crippen MR) is 48.1 cm³/mol. The highest BCUT2D eigenvalue weighted by Gasteiger charge is 2.19. The number of rotatable bonds is 3. The predicted octanol–water partition coefficient (Wildman–Crippen LogP) is 2.20. The quantitative estimate of drug-likeness (QED) is 0.618. The van der Waals surface area contributed by atoms with E-state index in [1.165, 1.54) is 0 Å². The summed E-state index contributed by atoms with van der Waals surface area (Å²) in [4.78, 5) is 0. The van der Waals surface area contributed by atoms with Gasteiger partial charge in [0.05, 0.1) is 0 Å².